The Kier molecular flexibility index (Phi) is 4.89. The molecule has 0 aromatic heterocycles. The topological polar surface area (TPSA) is 62.8 Å². The lowest BCUT2D eigenvalue weighted by atomic mass is 9.89. The average Bonchev–Trinajstić information content (AvgIpc) is 2.69. The second-order valence-corrected chi connectivity index (χ2v) is 8.19. The van der Waals surface area contributed by atoms with Crippen molar-refractivity contribution in [2.45, 2.75) is 50.5 Å². The molecule has 3 aliphatic rings. The summed E-state index contributed by atoms with van der Waals surface area (Å²) in [5, 5.41) is 5.70. The number of anilines is 2. The predicted octanol–water partition coefficient (Wildman–Crippen LogP) is 4.58. The summed E-state index contributed by atoms with van der Waals surface area (Å²) in [5.41, 5.74) is 2.44. The number of carbonyl (C=O) groups is 1. The summed E-state index contributed by atoms with van der Waals surface area (Å²) in [4.78, 5) is 14.8. The van der Waals surface area contributed by atoms with Crippen molar-refractivity contribution in [3.8, 4) is 5.75 Å². The maximum Gasteiger partial charge on any atom is 0.323 e. The fourth-order valence-electron chi connectivity index (χ4n) is 4.35. The fourth-order valence-corrected chi connectivity index (χ4v) is 4.35. The van der Waals surface area contributed by atoms with Crippen molar-refractivity contribution < 1.29 is 14.3 Å². The Morgan fingerprint density at radius 1 is 1.00 bits per heavy atom. The van der Waals surface area contributed by atoms with Crippen LogP contribution >= 0.6 is 0 Å². The van der Waals surface area contributed by atoms with Crippen molar-refractivity contribution in [2.75, 3.05) is 23.7 Å². The standard InChI is InChI=1S/C23H27N3O3/c27-22(24-18-5-2-1-3-6-18)25-19-9-10-21-17(15-19)16-28-23(29-21)11-13-26(14-12-23)20-7-4-8-20/h1-3,5-6,9-10,15,20H,4,7-8,11-14,16H2,(H2,24,25,27). The number of carbonyl (C=O) groups excluding carboxylic acids is 1. The zero-order valence-electron chi connectivity index (χ0n) is 16.5. The number of hydrogen-bond donors (Lipinski definition) is 2. The van der Waals surface area contributed by atoms with Gasteiger partial charge in [0.15, 0.2) is 0 Å². The highest BCUT2D eigenvalue weighted by atomic mass is 16.7. The number of para-hydroxylation sites is 1. The van der Waals surface area contributed by atoms with Gasteiger partial charge < -0.3 is 20.1 Å². The van der Waals surface area contributed by atoms with Gasteiger partial charge in [-0.2, -0.15) is 0 Å². The molecule has 2 N–H and O–H groups in total. The molecule has 1 saturated heterocycles. The number of benzene rings is 2. The van der Waals surface area contributed by atoms with E-state index in [0.717, 1.165) is 54.7 Å². The molecule has 6 nitrogen and oxygen atoms in total. The quantitative estimate of drug-likeness (QED) is 0.801. The third-order valence-electron chi connectivity index (χ3n) is 6.29. The highest BCUT2D eigenvalue weighted by Crippen LogP contribution is 2.40. The number of nitrogens with zero attached hydrogens (tertiary/aromatic N) is 1. The first-order valence-corrected chi connectivity index (χ1v) is 10.5. The molecule has 2 aliphatic heterocycles. The summed E-state index contributed by atoms with van der Waals surface area (Å²) in [5.74, 6) is 0.370. The molecule has 1 spiro atoms. The average molecular weight is 393 g/mol. The molecule has 2 aromatic rings. The predicted molar refractivity (Wildman–Crippen MR) is 112 cm³/mol. The maximum atomic E-state index is 12.2. The molecule has 2 fully saturated rings. The molecule has 0 bridgehead atoms. The number of ether oxygens (including phenoxy) is 2. The molecule has 2 aromatic carbocycles. The first kappa shape index (κ1) is 18.5. The SMILES string of the molecule is O=C(Nc1ccccc1)Nc1ccc2c(c1)COC1(CCN(C3CCC3)CC1)O2. The molecule has 2 heterocycles. The maximum absolute atomic E-state index is 12.2. The molecule has 0 atom stereocenters. The zero-order valence-corrected chi connectivity index (χ0v) is 16.5. The first-order chi connectivity index (χ1) is 14.2. The molecular weight excluding hydrogens is 366 g/mol. The summed E-state index contributed by atoms with van der Waals surface area (Å²) in [6, 6.07) is 15.6. The monoisotopic (exact) mass is 393 g/mol. The van der Waals surface area contributed by atoms with E-state index in [2.05, 4.69) is 15.5 Å². The van der Waals surface area contributed by atoms with Crippen LogP contribution in [0.4, 0.5) is 16.2 Å². The van der Waals surface area contributed by atoms with Gasteiger partial charge in [0.25, 0.3) is 0 Å². The van der Waals surface area contributed by atoms with Gasteiger partial charge in [-0.25, -0.2) is 4.79 Å². The molecule has 5 rings (SSSR count). The van der Waals surface area contributed by atoms with Crippen molar-refractivity contribution in [3.05, 3.63) is 54.1 Å². The Labute approximate surface area is 171 Å². The van der Waals surface area contributed by atoms with Crippen LogP contribution in [-0.4, -0.2) is 35.8 Å². The molecule has 0 radical (unpaired) electrons. The van der Waals surface area contributed by atoms with Crippen molar-refractivity contribution in [1.82, 2.24) is 4.90 Å². The van der Waals surface area contributed by atoms with Gasteiger partial charge >= 0.3 is 6.03 Å². The molecule has 2 amide bonds. The van der Waals surface area contributed by atoms with E-state index in [-0.39, 0.29) is 6.03 Å². The third-order valence-corrected chi connectivity index (χ3v) is 6.29. The van der Waals surface area contributed by atoms with Gasteiger partial charge in [0.1, 0.15) is 5.75 Å². The normalized spacial score (nSPS) is 21.0. The molecule has 6 heteroatoms. The molecule has 1 aliphatic carbocycles. The Bertz CT molecular complexity index is 874. The Hall–Kier alpha value is -2.57. The second-order valence-electron chi connectivity index (χ2n) is 8.19. The summed E-state index contributed by atoms with van der Waals surface area (Å²) in [7, 11) is 0. The lowest BCUT2D eigenvalue weighted by Gasteiger charge is -2.47. The van der Waals surface area contributed by atoms with Crippen LogP contribution in [0.1, 0.15) is 37.7 Å². The van der Waals surface area contributed by atoms with Gasteiger partial charge in [0.05, 0.1) is 6.61 Å². The lowest BCUT2D eigenvalue weighted by molar-refractivity contribution is -0.231. The highest BCUT2D eigenvalue weighted by Gasteiger charge is 2.42. The van der Waals surface area contributed by atoms with Crippen LogP contribution in [0, 0.1) is 0 Å². The highest BCUT2D eigenvalue weighted by molar-refractivity contribution is 5.99. The summed E-state index contributed by atoms with van der Waals surface area (Å²) >= 11 is 0. The van der Waals surface area contributed by atoms with Crippen molar-refractivity contribution in [1.29, 1.82) is 0 Å². The Morgan fingerprint density at radius 2 is 1.76 bits per heavy atom. The first-order valence-electron chi connectivity index (χ1n) is 10.5. The molecular formula is C23H27N3O3. The van der Waals surface area contributed by atoms with E-state index in [1.165, 1.54) is 19.3 Å². The molecule has 29 heavy (non-hydrogen) atoms. The number of urea groups is 1. The van der Waals surface area contributed by atoms with Crippen LogP contribution in [0.2, 0.25) is 0 Å². The van der Waals surface area contributed by atoms with Crippen molar-refractivity contribution in [2.24, 2.45) is 0 Å². The van der Waals surface area contributed by atoms with Gasteiger partial charge in [-0.3, -0.25) is 4.90 Å². The number of piperidine rings is 1. The van der Waals surface area contributed by atoms with E-state index < -0.39 is 5.79 Å². The van der Waals surface area contributed by atoms with Gasteiger partial charge in [0, 0.05) is 48.9 Å². The fraction of sp³-hybridized carbons (Fsp3) is 0.435. The van der Waals surface area contributed by atoms with E-state index in [0.29, 0.717) is 6.61 Å². The molecule has 152 valence electrons. The third kappa shape index (κ3) is 3.95. The van der Waals surface area contributed by atoms with Crippen LogP contribution in [0.5, 0.6) is 5.75 Å². The summed E-state index contributed by atoms with van der Waals surface area (Å²) < 4.78 is 12.5. The van der Waals surface area contributed by atoms with Gasteiger partial charge in [0.2, 0.25) is 5.79 Å². The van der Waals surface area contributed by atoms with Gasteiger partial charge in [-0.1, -0.05) is 24.6 Å². The van der Waals surface area contributed by atoms with Crippen LogP contribution in [0.3, 0.4) is 0 Å². The minimum atomic E-state index is -0.493. The zero-order chi connectivity index (χ0) is 19.7. The number of rotatable bonds is 3. The minimum absolute atomic E-state index is 0.270. The minimum Gasteiger partial charge on any atom is -0.462 e. The summed E-state index contributed by atoms with van der Waals surface area (Å²) in [6.07, 6.45) is 5.85. The number of likely N-dealkylation sites (tertiary alicyclic amines) is 1. The molecule has 0 unspecified atom stereocenters. The second kappa shape index (κ2) is 7.69. The number of nitrogens with one attached hydrogen (secondary N) is 2. The van der Waals surface area contributed by atoms with Gasteiger partial charge in [-0.05, 0) is 43.2 Å². The van der Waals surface area contributed by atoms with E-state index in [1.54, 1.807) is 0 Å². The lowest BCUT2D eigenvalue weighted by Crippen LogP contribution is -2.54. The van der Waals surface area contributed by atoms with Crippen LogP contribution in [-0.2, 0) is 11.3 Å². The van der Waals surface area contributed by atoms with Gasteiger partial charge in [-0.15, -0.1) is 0 Å². The van der Waals surface area contributed by atoms with Crippen LogP contribution in [0.15, 0.2) is 48.5 Å². The number of hydrogen-bond acceptors (Lipinski definition) is 4. The van der Waals surface area contributed by atoms with E-state index in [4.69, 9.17) is 9.47 Å². The van der Waals surface area contributed by atoms with Crippen LogP contribution < -0.4 is 15.4 Å². The largest absolute Gasteiger partial charge is 0.462 e. The van der Waals surface area contributed by atoms with E-state index >= 15 is 0 Å². The van der Waals surface area contributed by atoms with Crippen molar-refractivity contribution in [3.63, 3.8) is 0 Å². The molecule has 1 saturated carbocycles. The Balaban J connectivity index is 1.20. The smallest absolute Gasteiger partial charge is 0.323 e. The summed E-state index contributed by atoms with van der Waals surface area (Å²) in [6.45, 7) is 2.59. The van der Waals surface area contributed by atoms with Crippen LogP contribution in [0.25, 0.3) is 0 Å². The number of fused-ring (bicyclic) bond motifs is 1. The van der Waals surface area contributed by atoms with Crippen molar-refractivity contribution >= 4 is 17.4 Å². The van der Waals surface area contributed by atoms with E-state index in [1.807, 2.05) is 48.5 Å². The Morgan fingerprint density at radius 3 is 2.48 bits per heavy atom. The number of amides is 2. The van der Waals surface area contributed by atoms with E-state index in [9.17, 15) is 4.79 Å².